The van der Waals surface area contributed by atoms with E-state index in [1.54, 1.807) is 16.2 Å². The topological polar surface area (TPSA) is 58.6 Å². The number of carbonyl (C=O) groups is 1. The van der Waals surface area contributed by atoms with Crippen LogP contribution in [0.5, 0.6) is 5.75 Å². The van der Waals surface area contributed by atoms with Crippen molar-refractivity contribution >= 4 is 17.4 Å². The van der Waals surface area contributed by atoms with Crippen molar-refractivity contribution in [2.45, 2.75) is 26.2 Å². The summed E-state index contributed by atoms with van der Waals surface area (Å²) in [7, 11) is 0. The van der Waals surface area contributed by atoms with Crippen molar-refractivity contribution in [1.29, 1.82) is 0 Å². The van der Waals surface area contributed by atoms with Crippen LogP contribution >= 0.6 is 11.3 Å². The number of benzene rings is 1. The summed E-state index contributed by atoms with van der Waals surface area (Å²) in [5, 5.41) is 3.18. The average Bonchev–Trinajstić information content (AvgIpc) is 3.31. The first-order chi connectivity index (χ1) is 15.2. The molecule has 7 heteroatoms. The average molecular weight is 437 g/mol. The summed E-state index contributed by atoms with van der Waals surface area (Å²) in [4.78, 5) is 25.4. The molecule has 1 saturated heterocycles. The van der Waals surface area contributed by atoms with E-state index in [0.717, 1.165) is 44.6 Å². The van der Waals surface area contributed by atoms with E-state index in [9.17, 15) is 4.79 Å². The Morgan fingerprint density at radius 1 is 1.00 bits per heavy atom. The molecule has 31 heavy (non-hydrogen) atoms. The first-order valence-corrected chi connectivity index (χ1v) is 11.6. The van der Waals surface area contributed by atoms with Gasteiger partial charge in [-0.3, -0.25) is 9.88 Å². The van der Waals surface area contributed by atoms with E-state index in [-0.39, 0.29) is 6.09 Å². The van der Waals surface area contributed by atoms with E-state index >= 15 is 0 Å². The Labute approximate surface area is 187 Å². The molecule has 0 atom stereocenters. The second kappa shape index (κ2) is 10.5. The van der Waals surface area contributed by atoms with Crippen LogP contribution in [0.3, 0.4) is 0 Å². The van der Waals surface area contributed by atoms with Crippen molar-refractivity contribution in [3.63, 3.8) is 0 Å². The highest BCUT2D eigenvalue weighted by molar-refractivity contribution is 7.09. The summed E-state index contributed by atoms with van der Waals surface area (Å²) < 4.78 is 5.59. The standard InChI is InChI=1S/C24H28N4O2S/c1-19-8-10-25-21(18-19)5-2-20-3-6-22(7-4-20)30-24(29)28-15-13-27(14-16-28)12-9-23-26-11-17-31-23/h3-4,6-8,10-11,17-18H,2,5,9,12-16H2,1H3. The zero-order valence-corrected chi connectivity index (χ0v) is 18.7. The summed E-state index contributed by atoms with van der Waals surface area (Å²) in [6, 6.07) is 11.9. The molecule has 0 bridgehead atoms. The number of hydrogen-bond acceptors (Lipinski definition) is 6. The van der Waals surface area contributed by atoms with Gasteiger partial charge < -0.3 is 9.64 Å². The third-order valence-corrected chi connectivity index (χ3v) is 6.37. The van der Waals surface area contributed by atoms with Crippen molar-refractivity contribution < 1.29 is 9.53 Å². The lowest BCUT2D eigenvalue weighted by atomic mass is 10.1. The Morgan fingerprint density at radius 2 is 1.81 bits per heavy atom. The number of ether oxygens (including phenoxy) is 1. The van der Waals surface area contributed by atoms with Crippen LogP contribution in [-0.2, 0) is 19.3 Å². The quantitative estimate of drug-likeness (QED) is 0.561. The summed E-state index contributed by atoms with van der Waals surface area (Å²) in [5.41, 5.74) is 3.53. The van der Waals surface area contributed by atoms with Crippen molar-refractivity contribution in [3.8, 4) is 5.75 Å². The van der Waals surface area contributed by atoms with Gasteiger partial charge in [0, 0.05) is 62.6 Å². The molecule has 0 unspecified atom stereocenters. The van der Waals surface area contributed by atoms with E-state index in [0.29, 0.717) is 18.8 Å². The summed E-state index contributed by atoms with van der Waals surface area (Å²) in [6.07, 6.45) is 6.21. The number of rotatable bonds is 7. The maximum absolute atomic E-state index is 12.5. The van der Waals surface area contributed by atoms with Crippen molar-refractivity contribution in [3.05, 3.63) is 76.0 Å². The van der Waals surface area contributed by atoms with E-state index < -0.39 is 0 Å². The molecule has 1 aliphatic heterocycles. The van der Waals surface area contributed by atoms with Crippen LogP contribution in [0.15, 0.2) is 54.2 Å². The van der Waals surface area contributed by atoms with Gasteiger partial charge in [0.15, 0.2) is 0 Å². The number of hydrogen-bond donors (Lipinski definition) is 0. The molecular weight excluding hydrogens is 408 g/mol. The molecule has 6 nitrogen and oxygen atoms in total. The van der Waals surface area contributed by atoms with Gasteiger partial charge in [-0.05, 0) is 55.2 Å². The van der Waals surface area contributed by atoms with Crippen molar-refractivity contribution in [1.82, 2.24) is 19.8 Å². The van der Waals surface area contributed by atoms with Gasteiger partial charge in [-0.2, -0.15) is 0 Å². The van der Waals surface area contributed by atoms with Gasteiger partial charge in [0.2, 0.25) is 0 Å². The molecular formula is C24H28N4O2S. The summed E-state index contributed by atoms with van der Waals surface area (Å²) in [6.45, 7) is 6.18. The Morgan fingerprint density at radius 3 is 2.52 bits per heavy atom. The fourth-order valence-corrected chi connectivity index (χ4v) is 4.29. The Balaban J connectivity index is 1.20. The Kier molecular flexibility index (Phi) is 7.27. The molecule has 4 rings (SSSR count). The number of aryl methyl sites for hydroxylation is 3. The van der Waals surface area contributed by atoms with Gasteiger partial charge in [-0.1, -0.05) is 12.1 Å². The zero-order valence-electron chi connectivity index (χ0n) is 17.9. The molecule has 1 fully saturated rings. The largest absolute Gasteiger partial charge is 0.415 e. The molecule has 0 radical (unpaired) electrons. The lowest BCUT2D eigenvalue weighted by Gasteiger charge is -2.33. The van der Waals surface area contributed by atoms with E-state index in [2.05, 4.69) is 27.9 Å². The highest BCUT2D eigenvalue weighted by atomic mass is 32.1. The first kappa shape index (κ1) is 21.5. The number of thiazole rings is 1. The smallest absolute Gasteiger partial charge is 0.410 e. The molecule has 3 heterocycles. The number of carbonyl (C=O) groups excluding carboxylic acids is 1. The van der Waals surface area contributed by atoms with Crippen molar-refractivity contribution in [2.75, 3.05) is 32.7 Å². The van der Waals surface area contributed by atoms with Crippen LogP contribution < -0.4 is 4.74 Å². The maximum Gasteiger partial charge on any atom is 0.415 e. The van der Waals surface area contributed by atoms with Gasteiger partial charge in [-0.15, -0.1) is 11.3 Å². The van der Waals surface area contributed by atoms with E-state index in [1.807, 2.05) is 48.1 Å². The first-order valence-electron chi connectivity index (χ1n) is 10.7. The maximum atomic E-state index is 12.5. The molecule has 1 aromatic carbocycles. The summed E-state index contributed by atoms with van der Waals surface area (Å²) in [5.74, 6) is 0.591. The second-order valence-corrected chi connectivity index (χ2v) is 8.82. The van der Waals surface area contributed by atoms with Crippen LogP contribution in [0.1, 0.15) is 21.8 Å². The van der Waals surface area contributed by atoms with Crippen LogP contribution in [0.2, 0.25) is 0 Å². The molecule has 0 saturated carbocycles. The SMILES string of the molecule is Cc1ccnc(CCc2ccc(OC(=O)N3CCN(CCc4nccs4)CC3)cc2)c1. The molecule has 1 amide bonds. The highest BCUT2D eigenvalue weighted by Crippen LogP contribution is 2.16. The zero-order chi connectivity index (χ0) is 21.5. The van der Waals surface area contributed by atoms with Crippen molar-refractivity contribution in [2.24, 2.45) is 0 Å². The van der Waals surface area contributed by atoms with Gasteiger partial charge in [0.25, 0.3) is 0 Å². The minimum absolute atomic E-state index is 0.267. The Bertz CT molecular complexity index is 968. The predicted octanol–water partition coefficient (Wildman–Crippen LogP) is 3.99. The van der Waals surface area contributed by atoms with Gasteiger partial charge in [0.05, 0.1) is 5.01 Å². The fourth-order valence-electron chi connectivity index (χ4n) is 3.68. The minimum Gasteiger partial charge on any atom is -0.410 e. The molecule has 0 aliphatic carbocycles. The minimum atomic E-state index is -0.267. The number of aromatic nitrogens is 2. The molecule has 0 spiro atoms. The van der Waals surface area contributed by atoms with Crippen LogP contribution in [-0.4, -0.2) is 58.6 Å². The number of pyridine rings is 1. The fraction of sp³-hybridized carbons (Fsp3) is 0.375. The number of amides is 1. The third-order valence-electron chi connectivity index (χ3n) is 5.53. The molecule has 1 aliphatic rings. The number of piperazine rings is 1. The van der Waals surface area contributed by atoms with Gasteiger partial charge >= 0.3 is 6.09 Å². The van der Waals surface area contributed by atoms with Crippen LogP contribution in [0.4, 0.5) is 4.79 Å². The predicted molar refractivity (Wildman–Crippen MR) is 123 cm³/mol. The van der Waals surface area contributed by atoms with E-state index in [1.165, 1.54) is 16.1 Å². The Hall–Kier alpha value is -2.77. The highest BCUT2D eigenvalue weighted by Gasteiger charge is 2.22. The third kappa shape index (κ3) is 6.35. The van der Waals surface area contributed by atoms with Gasteiger partial charge in [-0.25, -0.2) is 9.78 Å². The molecule has 0 N–H and O–H groups in total. The van der Waals surface area contributed by atoms with Crippen LogP contribution in [0.25, 0.3) is 0 Å². The summed E-state index contributed by atoms with van der Waals surface area (Å²) >= 11 is 1.70. The van der Waals surface area contributed by atoms with Crippen LogP contribution in [0, 0.1) is 6.92 Å². The van der Waals surface area contributed by atoms with E-state index in [4.69, 9.17) is 4.74 Å². The molecule has 2 aromatic heterocycles. The molecule has 3 aromatic rings. The lowest BCUT2D eigenvalue weighted by molar-refractivity contribution is 0.111. The normalized spacial score (nSPS) is 14.5. The molecule has 162 valence electrons. The number of nitrogens with zero attached hydrogens (tertiary/aromatic N) is 4. The lowest BCUT2D eigenvalue weighted by Crippen LogP contribution is -2.49. The van der Waals surface area contributed by atoms with Gasteiger partial charge in [0.1, 0.15) is 5.75 Å². The second-order valence-electron chi connectivity index (χ2n) is 7.84. The monoisotopic (exact) mass is 436 g/mol.